The third-order valence-electron chi connectivity index (χ3n) is 4.00. The smallest absolute Gasteiger partial charge is 0.306 e. The first-order chi connectivity index (χ1) is 9.40. The van der Waals surface area contributed by atoms with E-state index >= 15 is 0 Å². The van der Waals surface area contributed by atoms with Crippen molar-refractivity contribution in [2.45, 2.75) is 51.5 Å². The minimum atomic E-state index is -3.53. The van der Waals surface area contributed by atoms with Crippen LogP contribution in [0.2, 0.25) is 0 Å². The van der Waals surface area contributed by atoms with Crippen LogP contribution >= 0.6 is 0 Å². The zero-order valence-electron chi connectivity index (χ0n) is 12.6. The quantitative estimate of drug-likeness (QED) is 0.719. The summed E-state index contributed by atoms with van der Waals surface area (Å²) in [7, 11) is -0.755. The summed E-state index contributed by atoms with van der Waals surface area (Å²) in [5, 5.41) is 0. The molecule has 1 aliphatic rings. The molecular weight excluding hydrogens is 280 g/mol. The number of nitrogens with zero attached hydrogens (tertiary/aromatic N) is 1. The summed E-state index contributed by atoms with van der Waals surface area (Å²) in [6, 6.07) is 0.0133. The van der Waals surface area contributed by atoms with Crippen molar-refractivity contribution in [2.75, 3.05) is 20.7 Å². The molecule has 0 amide bonds. The number of rotatable bonds is 7. The van der Waals surface area contributed by atoms with Crippen LogP contribution in [0.25, 0.3) is 0 Å². The second-order valence-electron chi connectivity index (χ2n) is 5.33. The van der Waals surface area contributed by atoms with Gasteiger partial charge in [0.15, 0.2) is 0 Å². The van der Waals surface area contributed by atoms with Crippen molar-refractivity contribution >= 4 is 16.2 Å². The maximum atomic E-state index is 12.2. The molecule has 2 atom stereocenters. The molecule has 0 radical (unpaired) electrons. The van der Waals surface area contributed by atoms with Gasteiger partial charge in [-0.15, -0.1) is 0 Å². The van der Waals surface area contributed by atoms with E-state index in [4.69, 9.17) is 0 Å². The third-order valence-corrected chi connectivity index (χ3v) is 5.61. The first kappa shape index (κ1) is 17.4. The van der Waals surface area contributed by atoms with Crippen molar-refractivity contribution in [2.24, 2.45) is 5.92 Å². The predicted molar refractivity (Wildman–Crippen MR) is 77.4 cm³/mol. The SMILES string of the molecule is CCC1CCCCC1NS(=O)(=O)N(C)CCC(=O)OC. The van der Waals surface area contributed by atoms with Crippen LogP contribution in [0.1, 0.15) is 45.4 Å². The van der Waals surface area contributed by atoms with Gasteiger partial charge in [0.25, 0.3) is 10.2 Å². The molecule has 1 saturated carbocycles. The minimum absolute atomic E-state index is 0.0133. The number of esters is 1. The van der Waals surface area contributed by atoms with Gasteiger partial charge in [-0.2, -0.15) is 17.4 Å². The Morgan fingerprint density at radius 2 is 2.00 bits per heavy atom. The minimum Gasteiger partial charge on any atom is -0.469 e. The van der Waals surface area contributed by atoms with Gasteiger partial charge >= 0.3 is 5.97 Å². The fourth-order valence-electron chi connectivity index (χ4n) is 2.60. The molecule has 0 aromatic rings. The molecule has 1 fully saturated rings. The highest BCUT2D eigenvalue weighted by Gasteiger charge is 2.29. The highest BCUT2D eigenvalue weighted by Crippen LogP contribution is 2.27. The van der Waals surface area contributed by atoms with Crippen LogP contribution in [-0.4, -0.2) is 45.4 Å². The highest BCUT2D eigenvalue weighted by atomic mass is 32.2. The van der Waals surface area contributed by atoms with E-state index in [1.54, 1.807) is 0 Å². The molecule has 1 rings (SSSR count). The van der Waals surface area contributed by atoms with Crippen molar-refractivity contribution in [3.05, 3.63) is 0 Å². The standard InChI is InChI=1S/C13H26N2O4S/c1-4-11-7-5-6-8-12(11)14-20(17,18)15(2)10-9-13(16)19-3/h11-12,14H,4-10H2,1-3H3. The van der Waals surface area contributed by atoms with E-state index in [0.717, 1.165) is 25.7 Å². The molecule has 6 nitrogen and oxygen atoms in total. The Bertz CT molecular complexity index is 411. The molecule has 0 aliphatic heterocycles. The zero-order chi connectivity index (χ0) is 15.2. The number of nitrogens with one attached hydrogen (secondary N) is 1. The molecule has 0 heterocycles. The summed E-state index contributed by atoms with van der Waals surface area (Å²) in [6.07, 6.45) is 5.26. The van der Waals surface area contributed by atoms with Gasteiger partial charge in [-0.05, 0) is 18.8 Å². The lowest BCUT2D eigenvalue weighted by Gasteiger charge is -2.32. The summed E-state index contributed by atoms with van der Waals surface area (Å²) in [4.78, 5) is 11.1. The Morgan fingerprint density at radius 3 is 2.60 bits per heavy atom. The van der Waals surface area contributed by atoms with E-state index in [1.165, 1.54) is 24.9 Å². The molecule has 20 heavy (non-hydrogen) atoms. The molecule has 0 bridgehead atoms. The Hall–Kier alpha value is -0.660. The van der Waals surface area contributed by atoms with Crippen molar-refractivity contribution in [3.8, 4) is 0 Å². The van der Waals surface area contributed by atoms with Crippen molar-refractivity contribution in [1.29, 1.82) is 0 Å². The lowest BCUT2D eigenvalue weighted by Crippen LogP contribution is -2.48. The van der Waals surface area contributed by atoms with Crippen molar-refractivity contribution < 1.29 is 17.9 Å². The molecule has 0 saturated heterocycles. The first-order valence-corrected chi connectivity index (χ1v) is 8.65. The Balaban J connectivity index is 2.56. The molecular formula is C13H26N2O4S. The van der Waals surface area contributed by atoms with Gasteiger partial charge in [-0.1, -0.05) is 26.2 Å². The maximum Gasteiger partial charge on any atom is 0.306 e. The van der Waals surface area contributed by atoms with E-state index in [1.807, 2.05) is 0 Å². The number of methoxy groups -OCH3 is 1. The summed E-state index contributed by atoms with van der Waals surface area (Å²) >= 11 is 0. The molecule has 118 valence electrons. The summed E-state index contributed by atoms with van der Waals surface area (Å²) in [5.41, 5.74) is 0. The van der Waals surface area contributed by atoms with Crippen molar-refractivity contribution in [1.82, 2.24) is 9.03 Å². The molecule has 1 N–H and O–H groups in total. The van der Waals surface area contributed by atoms with Gasteiger partial charge < -0.3 is 4.74 Å². The summed E-state index contributed by atoms with van der Waals surface area (Å²) < 4.78 is 32.9. The second kappa shape index (κ2) is 7.95. The van der Waals surface area contributed by atoms with E-state index in [9.17, 15) is 13.2 Å². The summed E-state index contributed by atoms with van der Waals surface area (Å²) in [5.74, 6) is 0.00341. The number of hydrogen-bond acceptors (Lipinski definition) is 4. The highest BCUT2D eigenvalue weighted by molar-refractivity contribution is 7.87. The Labute approximate surface area is 122 Å². The molecule has 0 aromatic heterocycles. The topological polar surface area (TPSA) is 75.7 Å². The molecule has 2 unspecified atom stereocenters. The Kier molecular flexibility index (Phi) is 6.91. The average molecular weight is 306 g/mol. The maximum absolute atomic E-state index is 12.2. The number of ether oxygens (including phenoxy) is 1. The van der Waals surface area contributed by atoms with Gasteiger partial charge in [-0.3, -0.25) is 4.79 Å². The van der Waals surface area contributed by atoms with E-state index < -0.39 is 16.2 Å². The monoisotopic (exact) mass is 306 g/mol. The van der Waals surface area contributed by atoms with Crippen LogP contribution in [0.5, 0.6) is 0 Å². The average Bonchev–Trinajstić information content (AvgIpc) is 2.44. The van der Waals surface area contributed by atoms with Gasteiger partial charge in [0.2, 0.25) is 0 Å². The number of hydrogen-bond donors (Lipinski definition) is 1. The molecule has 0 aromatic carbocycles. The predicted octanol–water partition coefficient (Wildman–Crippen LogP) is 1.28. The van der Waals surface area contributed by atoms with Gasteiger partial charge in [0.05, 0.1) is 13.5 Å². The van der Waals surface area contributed by atoms with E-state index in [-0.39, 0.29) is 19.0 Å². The number of carbonyl (C=O) groups excluding carboxylic acids is 1. The molecule has 0 spiro atoms. The van der Waals surface area contributed by atoms with Crippen LogP contribution < -0.4 is 4.72 Å². The molecule has 7 heteroatoms. The van der Waals surface area contributed by atoms with Crippen LogP contribution in [-0.2, 0) is 19.7 Å². The third kappa shape index (κ3) is 5.03. The van der Waals surface area contributed by atoms with Crippen LogP contribution in [0.15, 0.2) is 0 Å². The summed E-state index contributed by atoms with van der Waals surface area (Å²) in [6.45, 7) is 2.23. The van der Waals surface area contributed by atoms with Gasteiger partial charge in [0, 0.05) is 19.6 Å². The fraction of sp³-hybridized carbons (Fsp3) is 0.923. The Morgan fingerprint density at radius 1 is 1.35 bits per heavy atom. The number of carbonyl (C=O) groups is 1. The molecule has 1 aliphatic carbocycles. The van der Waals surface area contributed by atoms with E-state index in [2.05, 4.69) is 16.4 Å². The fourth-order valence-corrected chi connectivity index (χ4v) is 3.81. The zero-order valence-corrected chi connectivity index (χ0v) is 13.4. The van der Waals surface area contributed by atoms with Gasteiger partial charge in [-0.25, -0.2) is 0 Å². The largest absolute Gasteiger partial charge is 0.469 e. The van der Waals surface area contributed by atoms with Crippen LogP contribution in [0.4, 0.5) is 0 Å². The van der Waals surface area contributed by atoms with Crippen molar-refractivity contribution in [3.63, 3.8) is 0 Å². The first-order valence-electron chi connectivity index (χ1n) is 7.21. The lowest BCUT2D eigenvalue weighted by atomic mass is 9.83. The second-order valence-corrected chi connectivity index (χ2v) is 7.14. The van der Waals surface area contributed by atoms with Gasteiger partial charge in [0.1, 0.15) is 0 Å². The lowest BCUT2D eigenvalue weighted by molar-refractivity contribution is -0.140. The van der Waals surface area contributed by atoms with Crippen LogP contribution in [0, 0.1) is 5.92 Å². The van der Waals surface area contributed by atoms with Crippen LogP contribution in [0.3, 0.4) is 0 Å². The normalized spacial score (nSPS) is 23.8. The van der Waals surface area contributed by atoms with E-state index in [0.29, 0.717) is 5.92 Å².